The Hall–Kier alpha value is -1.26. The highest BCUT2D eigenvalue weighted by atomic mass is 16.6. The van der Waals surface area contributed by atoms with E-state index >= 15 is 0 Å². The molecule has 2 saturated heterocycles. The van der Waals surface area contributed by atoms with Crippen molar-refractivity contribution in [2.75, 3.05) is 19.7 Å². The lowest BCUT2D eigenvalue weighted by molar-refractivity contribution is -0.153. The van der Waals surface area contributed by atoms with Crippen molar-refractivity contribution < 1.29 is 14.3 Å². The van der Waals surface area contributed by atoms with Crippen LogP contribution in [-0.4, -0.2) is 42.1 Å². The summed E-state index contributed by atoms with van der Waals surface area (Å²) in [5.41, 5.74) is 0.227. The molecule has 2 spiro atoms. The first-order valence-corrected chi connectivity index (χ1v) is 9.30. The summed E-state index contributed by atoms with van der Waals surface area (Å²) >= 11 is 0. The van der Waals surface area contributed by atoms with Crippen LogP contribution in [0.15, 0.2) is 0 Å². The Kier molecular flexibility index (Phi) is 2.85. The molecular formula is C18H26N2O3. The van der Waals surface area contributed by atoms with E-state index in [1.54, 1.807) is 0 Å². The Balaban J connectivity index is 1.12. The predicted molar refractivity (Wildman–Crippen MR) is 83.6 cm³/mol. The molecular weight excluding hydrogens is 292 g/mol. The molecule has 0 aromatic rings. The van der Waals surface area contributed by atoms with Crippen LogP contribution < -0.4 is 5.32 Å². The molecule has 126 valence electrons. The molecule has 3 aliphatic carbocycles. The van der Waals surface area contributed by atoms with Crippen LogP contribution in [0.1, 0.15) is 51.4 Å². The molecule has 5 nitrogen and oxygen atoms in total. The third-order valence-electron chi connectivity index (χ3n) is 7.39. The van der Waals surface area contributed by atoms with Crippen LogP contribution in [0.3, 0.4) is 0 Å². The number of carbonyl (C=O) groups excluding carboxylic acids is 2. The fraction of sp³-hybridized carbons (Fsp3) is 0.889. The van der Waals surface area contributed by atoms with Crippen molar-refractivity contribution in [3.63, 3.8) is 0 Å². The topological polar surface area (TPSA) is 58.6 Å². The van der Waals surface area contributed by atoms with Gasteiger partial charge in [0, 0.05) is 24.4 Å². The van der Waals surface area contributed by atoms with Crippen LogP contribution in [-0.2, 0) is 9.53 Å². The second kappa shape index (κ2) is 4.64. The summed E-state index contributed by atoms with van der Waals surface area (Å²) in [5, 5.41) is 2.87. The van der Waals surface area contributed by atoms with Gasteiger partial charge >= 0.3 is 6.09 Å². The van der Waals surface area contributed by atoms with Crippen LogP contribution >= 0.6 is 0 Å². The molecule has 5 heteroatoms. The Morgan fingerprint density at radius 2 is 1.91 bits per heavy atom. The van der Waals surface area contributed by atoms with Crippen molar-refractivity contribution in [1.29, 1.82) is 0 Å². The summed E-state index contributed by atoms with van der Waals surface area (Å²) in [5.74, 6) is 2.35. The van der Waals surface area contributed by atoms with Gasteiger partial charge in [0.05, 0.1) is 5.54 Å². The van der Waals surface area contributed by atoms with Gasteiger partial charge in [-0.05, 0) is 43.9 Å². The Morgan fingerprint density at radius 3 is 2.52 bits per heavy atom. The highest BCUT2D eigenvalue weighted by molar-refractivity contribution is 5.82. The Labute approximate surface area is 137 Å². The number of cyclic esters (lactones) is 1. The molecule has 0 aromatic heterocycles. The first kappa shape index (κ1) is 14.1. The number of rotatable bonds is 2. The number of nitrogens with one attached hydrogen (secondary N) is 1. The third-order valence-corrected chi connectivity index (χ3v) is 7.39. The van der Waals surface area contributed by atoms with E-state index in [-0.39, 0.29) is 17.6 Å². The lowest BCUT2D eigenvalue weighted by Crippen LogP contribution is -2.63. The van der Waals surface area contributed by atoms with E-state index in [2.05, 4.69) is 10.2 Å². The lowest BCUT2D eigenvalue weighted by Gasteiger charge is -2.52. The average molecular weight is 318 g/mol. The maximum absolute atomic E-state index is 12.6. The number of alkyl carbamates (subject to hydrolysis) is 1. The van der Waals surface area contributed by atoms with Crippen molar-refractivity contribution in [2.45, 2.75) is 56.9 Å². The minimum Gasteiger partial charge on any atom is -0.447 e. The molecule has 1 atom stereocenters. The van der Waals surface area contributed by atoms with Crippen LogP contribution in [0.4, 0.5) is 4.79 Å². The van der Waals surface area contributed by atoms with Gasteiger partial charge in [-0.15, -0.1) is 0 Å². The van der Waals surface area contributed by atoms with Crippen molar-refractivity contribution in [3.8, 4) is 0 Å². The van der Waals surface area contributed by atoms with Gasteiger partial charge in [-0.2, -0.15) is 0 Å². The summed E-state index contributed by atoms with van der Waals surface area (Å²) < 4.78 is 4.99. The SMILES string of the molecule is O=C1N[C@]2(CO1)C[C@H](C(=O)N1CC3(CCC(C4CCC4)C3)C1)C2. The molecule has 3 saturated carbocycles. The monoisotopic (exact) mass is 318 g/mol. The van der Waals surface area contributed by atoms with E-state index < -0.39 is 0 Å². The highest BCUT2D eigenvalue weighted by Crippen LogP contribution is 2.54. The van der Waals surface area contributed by atoms with Crippen LogP contribution in [0.25, 0.3) is 0 Å². The molecule has 0 aromatic carbocycles. The smallest absolute Gasteiger partial charge is 0.407 e. The molecule has 5 fully saturated rings. The molecule has 5 rings (SSSR count). The highest BCUT2D eigenvalue weighted by Gasteiger charge is 2.57. The van der Waals surface area contributed by atoms with Crippen molar-refractivity contribution in [2.24, 2.45) is 23.2 Å². The number of hydrogen-bond acceptors (Lipinski definition) is 3. The molecule has 2 amide bonds. The number of hydrogen-bond donors (Lipinski definition) is 1. The van der Waals surface area contributed by atoms with Crippen molar-refractivity contribution in [3.05, 3.63) is 0 Å². The number of nitrogens with zero attached hydrogens (tertiary/aromatic N) is 1. The quantitative estimate of drug-likeness (QED) is 0.850. The molecule has 2 aliphatic heterocycles. The van der Waals surface area contributed by atoms with E-state index in [1.165, 1.54) is 38.5 Å². The molecule has 0 bridgehead atoms. The molecule has 0 radical (unpaired) electrons. The molecule has 23 heavy (non-hydrogen) atoms. The maximum Gasteiger partial charge on any atom is 0.407 e. The number of likely N-dealkylation sites (tertiary alicyclic amines) is 1. The van der Waals surface area contributed by atoms with Gasteiger partial charge in [0.15, 0.2) is 0 Å². The number of ether oxygens (including phenoxy) is 1. The maximum atomic E-state index is 12.6. The van der Waals surface area contributed by atoms with Gasteiger partial charge in [-0.25, -0.2) is 4.79 Å². The van der Waals surface area contributed by atoms with E-state index in [0.29, 0.717) is 17.9 Å². The van der Waals surface area contributed by atoms with Crippen LogP contribution in [0, 0.1) is 23.2 Å². The van der Waals surface area contributed by atoms with Gasteiger partial charge in [0.25, 0.3) is 0 Å². The third kappa shape index (κ3) is 2.11. The largest absolute Gasteiger partial charge is 0.447 e. The standard InChI is InChI=1S/C18H26N2O3/c21-15(14-7-18(8-14)11-23-16(22)19-18)20-9-17(10-20)5-4-13(6-17)12-2-1-3-12/h12-14H,1-11H2,(H,19,22)/t13?,14-,18+. The number of carbonyl (C=O) groups is 2. The first-order valence-electron chi connectivity index (χ1n) is 9.30. The predicted octanol–water partition coefficient (Wildman–Crippen LogP) is 2.30. The van der Waals surface area contributed by atoms with E-state index in [1.807, 2.05) is 0 Å². The van der Waals surface area contributed by atoms with Gasteiger partial charge in [-0.3, -0.25) is 4.79 Å². The van der Waals surface area contributed by atoms with Crippen LogP contribution in [0.2, 0.25) is 0 Å². The van der Waals surface area contributed by atoms with Gasteiger partial charge in [-0.1, -0.05) is 19.3 Å². The first-order chi connectivity index (χ1) is 11.1. The van der Waals surface area contributed by atoms with Gasteiger partial charge in [0.2, 0.25) is 5.91 Å². The van der Waals surface area contributed by atoms with Gasteiger partial charge < -0.3 is 15.0 Å². The lowest BCUT2D eigenvalue weighted by atomic mass is 9.67. The summed E-state index contributed by atoms with van der Waals surface area (Å²) in [4.78, 5) is 25.9. The van der Waals surface area contributed by atoms with E-state index in [9.17, 15) is 9.59 Å². The average Bonchev–Trinajstić information content (AvgIpc) is 2.97. The summed E-state index contributed by atoms with van der Waals surface area (Å²) in [6.45, 7) is 2.41. The summed E-state index contributed by atoms with van der Waals surface area (Å²) in [6, 6.07) is 0. The molecule has 5 aliphatic rings. The van der Waals surface area contributed by atoms with Crippen molar-refractivity contribution in [1.82, 2.24) is 10.2 Å². The molecule has 2 heterocycles. The second-order valence-electron chi connectivity index (χ2n) is 8.97. The zero-order valence-electron chi connectivity index (χ0n) is 13.7. The molecule has 1 N–H and O–H groups in total. The Bertz CT molecular complexity index is 544. The number of amides is 2. The zero-order chi connectivity index (χ0) is 15.7. The second-order valence-corrected chi connectivity index (χ2v) is 8.97. The minimum atomic E-state index is -0.327. The molecule has 1 unspecified atom stereocenters. The van der Waals surface area contributed by atoms with Crippen LogP contribution in [0.5, 0.6) is 0 Å². The summed E-state index contributed by atoms with van der Waals surface area (Å²) in [7, 11) is 0. The Morgan fingerprint density at radius 1 is 1.13 bits per heavy atom. The minimum absolute atomic E-state index is 0.0955. The van der Waals surface area contributed by atoms with E-state index in [4.69, 9.17) is 4.74 Å². The van der Waals surface area contributed by atoms with E-state index in [0.717, 1.165) is 37.8 Å². The normalized spacial score (nSPS) is 41.2. The fourth-order valence-corrected chi connectivity index (χ4v) is 5.80. The fourth-order valence-electron chi connectivity index (χ4n) is 5.80. The van der Waals surface area contributed by atoms with Gasteiger partial charge in [0.1, 0.15) is 6.61 Å². The van der Waals surface area contributed by atoms with Crippen molar-refractivity contribution >= 4 is 12.0 Å². The zero-order valence-corrected chi connectivity index (χ0v) is 13.7. The summed E-state index contributed by atoms with van der Waals surface area (Å²) in [6.07, 6.45) is 9.59.